The number of hydrogen-bond acceptors (Lipinski definition) is 3. The average molecular weight is 285 g/mol. The Labute approximate surface area is 113 Å². The van der Waals surface area contributed by atoms with Crippen molar-refractivity contribution in [3.8, 4) is 5.75 Å². The fourth-order valence-corrected chi connectivity index (χ4v) is 2.00. The van der Waals surface area contributed by atoms with Gasteiger partial charge in [0.25, 0.3) is 5.91 Å². The van der Waals surface area contributed by atoms with E-state index in [2.05, 4.69) is 10.1 Å². The third-order valence-electron chi connectivity index (χ3n) is 3.31. The van der Waals surface area contributed by atoms with Gasteiger partial charge in [-0.2, -0.15) is 8.78 Å². The number of alkyl halides is 2. The van der Waals surface area contributed by atoms with Gasteiger partial charge in [0, 0.05) is 5.56 Å². The Kier molecular flexibility index (Phi) is 3.87. The van der Waals surface area contributed by atoms with E-state index in [1.807, 2.05) is 0 Å². The number of nitrogens with one attached hydrogen (secondary N) is 1. The molecule has 0 atom stereocenters. The van der Waals surface area contributed by atoms with Crippen LogP contribution in [-0.4, -0.2) is 29.1 Å². The molecule has 0 unspecified atom stereocenters. The first-order valence-corrected chi connectivity index (χ1v) is 6.04. The highest BCUT2D eigenvalue weighted by molar-refractivity contribution is 5.98. The van der Waals surface area contributed by atoms with Crippen molar-refractivity contribution in [3.05, 3.63) is 29.8 Å². The molecule has 0 aromatic heterocycles. The molecule has 0 bridgehead atoms. The molecule has 1 aliphatic carbocycles. The summed E-state index contributed by atoms with van der Waals surface area (Å²) in [6, 6.07) is 5.08. The van der Waals surface area contributed by atoms with Gasteiger partial charge in [-0.25, -0.2) is 4.79 Å². The van der Waals surface area contributed by atoms with Crippen molar-refractivity contribution in [1.82, 2.24) is 5.32 Å². The summed E-state index contributed by atoms with van der Waals surface area (Å²) in [6.45, 7) is -2.93. The summed E-state index contributed by atoms with van der Waals surface area (Å²) in [5.74, 6) is -1.67. The van der Waals surface area contributed by atoms with E-state index >= 15 is 0 Å². The van der Waals surface area contributed by atoms with Gasteiger partial charge in [0.15, 0.2) is 0 Å². The Morgan fingerprint density at radius 2 is 1.85 bits per heavy atom. The Balaban J connectivity index is 2.04. The zero-order chi connectivity index (χ0) is 14.8. The van der Waals surface area contributed by atoms with Crippen molar-refractivity contribution < 1.29 is 28.2 Å². The van der Waals surface area contributed by atoms with Gasteiger partial charge in [0.05, 0.1) is 0 Å². The summed E-state index contributed by atoms with van der Waals surface area (Å²) in [7, 11) is 0. The van der Waals surface area contributed by atoms with Crippen LogP contribution in [0.1, 0.15) is 29.6 Å². The van der Waals surface area contributed by atoms with Crippen molar-refractivity contribution >= 4 is 11.9 Å². The fraction of sp³-hybridized carbons (Fsp3) is 0.385. The highest BCUT2D eigenvalue weighted by Crippen LogP contribution is 2.32. The molecule has 0 spiro atoms. The number of ether oxygens (including phenoxy) is 1. The van der Waals surface area contributed by atoms with E-state index in [-0.39, 0.29) is 11.3 Å². The normalized spacial score (nSPS) is 16.4. The van der Waals surface area contributed by atoms with Crippen LogP contribution in [0.3, 0.4) is 0 Å². The third kappa shape index (κ3) is 2.87. The Hall–Kier alpha value is -2.18. The number of rotatable bonds is 5. The van der Waals surface area contributed by atoms with Gasteiger partial charge in [-0.3, -0.25) is 4.79 Å². The SMILES string of the molecule is O=C(NC1(C(=O)O)CCC1)c1ccc(OC(F)F)cc1. The quantitative estimate of drug-likeness (QED) is 0.868. The Morgan fingerprint density at radius 3 is 2.25 bits per heavy atom. The molecule has 1 amide bonds. The highest BCUT2D eigenvalue weighted by atomic mass is 19.3. The lowest BCUT2D eigenvalue weighted by Gasteiger charge is -2.38. The predicted molar refractivity (Wildman–Crippen MR) is 64.8 cm³/mol. The fourth-order valence-electron chi connectivity index (χ4n) is 2.00. The van der Waals surface area contributed by atoms with Crippen LogP contribution in [0.2, 0.25) is 0 Å². The monoisotopic (exact) mass is 285 g/mol. The number of benzene rings is 1. The summed E-state index contributed by atoms with van der Waals surface area (Å²) < 4.78 is 28.1. The van der Waals surface area contributed by atoms with Crippen molar-refractivity contribution in [2.75, 3.05) is 0 Å². The number of carbonyl (C=O) groups excluding carboxylic acids is 1. The number of carboxylic acid groups (broad SMARTS) is 1. The summed E-state index contributed by atoms with van der Waals surface area (Å²) in [5, 5.41) is 11.6. The first kappa shape index (κ1) is 14.2. The average Bonchev–Trinajstić information content (AvgIpc) is 2.33. The molecule has 0 radical (unpaired) electrons. The maximum absolute atomic E-state index is 12.0. The molecule has 108 valence electrons. The van der Waals surface area contributed by atoms with Gasteiger partial charge in [0.2, 0.25) is 0 Å². The third-order valence-corrected chi connectivity index (χ3v) is 3.31. The largest absolute Gasteiger partial charge is 0.480 e. The second kappa shape index (κ2) is 5.44. The molecule has 1 aromatic rings. The molecular weight excluding hydrogens is 272 g/mol. The zero-order valence-electron chi connectivity index (χ0n) is 10.4. The molecule has 7 heteroatoms. The molecule has 5 nitrogen and oxygen atoms in total. The van der Waals surface area contributed by atoms with E-state index in [1.165, 1.54) is 24.3 Å². The number of amides is 1. The van der Waals surface area contributed by atoms with Gasteiger partial charge < -0.3 is 15.2 Å². The topological polar surface area (TPSA) is 75.6 Å². The van der Waals surface area contributed by atoms with Gasteiger partial charge in [0.1, 0.15) is 11.3 Å². The first-order chi connectivity index (χ1) is 9.43. The molecule has 0 saturated heterocycles. The number of hydrogen-bond donors (Lipinski definition) is 2. The lowest BCUT2D eigenvalue weighted by Crippen LogP contribution is -2.59. The van der Waals surface area contributed by atoms with E-state index in [9.17, 15) is 18.4 Å². The Morgan fingerprint density at radius 1 is 1.25 bits per heavy atom. The number of halogens is 2. The van der Waals surface area contributed by atoms with Crippen LogP contribution in [0, 0.1) is 0 Å². The van der Waals surface area contributed by atoms with Crippen molar-refractivity contribution in [3.63, 3.8) is 0 Å². The van der Waals surface area contributed by atoms with Gasteiger partial charge in [-0.1, -0.05) is 0 Å². The summed E-state index contributed by atoms with van der Waals surface area (Å²) >= 11 is 0. The summed E-state index contributed by atoms with van der Waals surface area (Å²) in [5.41, 5.74) is -1.01. The minimum absolute atomic E-state index is 0.0619. The number of carbonyl (C=O) groups is 2. The van der Waals surface area contributed by atoms with E-state index < -0.39 is 24.0 Å². The maximum atomic E-state index is 12.0. The second-order valence-corrected chi connectivity index (χ2v) is 4.60. The zero-order valence-corrected chi connectivity index (χ0v) is 10.4. The molecule has 0 heterocycles. The van der Waals surface area contributed by atoms with Crippen molar-refractivity contribution in [2.45, 2.75) is 31.4 Å². The van der Waals surface area contributed by atoms with Crippen LogP contribution in [0.15, 0.2) is 24.3 Å². The van der Waals surface area contributed by atoms with E-state index in [4.69, 9.17) is 5.11 Å². The maximum Gasteiger partial charge on any atom is 0.387 e. The minimum Gasteiger partial charge on any atom is -0.480 e. The van der Waals surface area contributed by atoms with Crippen LogP contribution in [0.25, 0.3) is 0 Å². The molecule has 1 aliphatic rings. The molecule has 0 aliphatic heterocycles. The van der Waals surface area contributed by atoms with Gasteiger partial charge >= 0.3 is 12.6 Å². The highest BCUT2D eigenvalue weighted by Gasteiger charge is 2.45. The van der Waals surface area contributed by atoms with E-state index in [0.29, 0.717) is 12.8 Å². The van der Waals surface area contributed by atoms with Crippen LogP contribution >= 0.6 is 0 Å². The molecule has 1 fully saturated rings. The van der Waals surface area contributed by atoms with Crippen LogP contribution in [0.4, 0.5) is 8.78 Å². The van der Waals surface area contributed by atoms with Crippen LogP contribution in [-0.2, 0) is 4.79 Å². The van der Waals surface area contributed by atoms with Crippen molar-refractivity contribution in [1.29, 1.82) is 0 Å². The summed E-state index contributed by atoms with van der Waals surface area (Å²) in [6.07, 6.45) is 1.52. The molecule has 2 N–H and O–H groups in total. The van der Waals surface area contributed by atoms with Crippen molar-refractivity contribution in [2.24, 2.45) is 0 Å². The molecule has 1 saturated carbocycles. The number of carboxylic acids is 1. The van der Waals surface area contributed by atoms with Crippen LogP contribution in [0.5, 0.6) is 5.75 Å². The molecule has 20 heavy (non-hydrogen) atoms. The minimum atomic E-state index is -2.93. The molecule has 1 aromatic carbocycles. The lowest BCUT2D eigenvalue weighted by molar-refractivity contribution is -0.148. The first-order valence-electron chi connectivity index (χ1n) is 6.04. The van der Waals surface area contributed by atoms with Gasteiger partial charge in [-0.15, -0.1) is 0 Å². The lowest BCUT2D eigenvalue weighted by atomic mass is 9.76. The second-order valence-electron chi connectivity index (χ2n) is 4.60. The standard InChI is InChI=1S/C13H13F2NO4/c14-12(15)20-9-4-2-8(3-5-9)10(17)16-13(11(18)19)6-1-7-13/h2-5,12H,1,6-7H2,(H,16,17)(H,18,19). The van der Waals surface area contributed by atoms with E-state index in [0.717, 1.165) is 6.42 Å². The molecule has 2 rings (SSSR count). The smallest absolute Gasteiger partial charge is 0.387 e. The van der Waals surface area contributed by atoms with Crippen LogP contribution < -0.4 is 10.1 Å². The van der Waals surface area contributed by atoms with Gasteiger partial charge in [-0.05, 0) is 43.5 Å². The molecular formula is C13H13F2NO4. The summed E-state index contributed by atoms with van der Waals surface area (Å²) in [4.78, 5) is 23.1. The predicted octanol–water partition coefficient (Wildman–Crippen LogP) is 2.03. The Bertz CT molecular complexity index is 512. The van der Waals surface area contributed by atoms with E-state index in [1.54, 1.807) is 0 Å². The number of aliphatic carboxylic acids is 1.